The van der Waals surface area contributed by atoms with E-state index in [1.165, 1.54) is 0 Å². The second-order valence-corrected chi connectivity index (χ2v) is 5.66. The number of nitrogens with one attached hydrogen (secondary N) is 1. The summed E-state index contributed by atoms with van der Waals surface area (Å²) in [5.41, 5.74) is 2.55. The van der Waals surface area contributed by atoms with E-state index in [9.17, 15) is 4.79 Å². The molecular weight excluding hydrogens is 316 g/mol. The van der Waals surface area contributed by atoms with E-state index in [2.05, 4.69) is 10.3 Å². The van der Waals surface area contributed by atoms with E-state index in [1.54, 1.807) is 7.11 Å². The third kappa shape index (κ3) is 4.07. The van der Waals surface area contributed by atoms with Gasteiger partial charge in [-0.1, -0.05) is 36.4 Å². The van der Waals surface area contributed by atoms with Crippen LogP contribution in [0, 0.1) is 6.92 Å². The topological polar surface area (TPSA) is 64.4 Å². The van der Waals surface area contributed by atoms with Gasteiger partial charge in [-0.15, -0.1) is 0 Å². The lowest BCUT2D eigenvalue weighted by Gasteiger charge is -2.09. The molecule has 0 aliphatic rings. The summed E-state index contributed by atoms with van der Waals surface area (Å²) in [5.74, 6) is 1.75. The zero-order valence-electron chi connectivity index (χ0n) is 14.3. The number of benzene rings is 2. The molecule has 0 unspecified atom stereocenters. The number of carbonyl (C=O) groups is 1. The Hall–Kier alpha value is -3.08. The Labute approximate surface area is 146 Å². The molecular formula is C20H20N2O3. The molecule has 0 fully saturated rings. The Balaban J connectivity index is 1.64. The normalized spacial score (nSPS) is 10.5. The van der Waals surface area contributed by atoms with Crippen molar-refractivity contribution in [2.75, 3.05) is 7.11 Å². The molecule has 128 valence electrons. The fourth-order valence-electron chi connectivity index (χ4n) is 2.55. The Morgan fingerprint density at radius 2 is 1.84 bits per heavy atom. The highest BCUT2D eigenvalue weighted by Crippen LogP contribution is 2.22. The van der Waals surface area contributed by atoms with Crippen LogP contribution in [0.5, 0.6) is 5.75 Å². The predicted octanol–water partition coefficient (Wildman–Crippen LogP) is 3.52. The fourth-order valence-corrected chi connectivity index (χ4v) is 2.55. The third-order valence-electron chi connectivity index (χ3n) is 3.90. The Morgan fingerprint density at radius 3 is 2.60 bits per heavy atom. The molecule has 0 spiro atoms. The van der Waals surface area contributed by atoms with Crippen molar-refractivity contribution in [1.29, 1.82) is 0 Å². The van der Waals surface area contributed by atoms with Crippen molar-refractivity contribution in [3.05, 3.63) is 71.6 Å². The molecule has 25 heavy (non-hydrogen) atoms. The van der Waals surface area contributed by atoms with Gasteiger partial charge in [0.25, 0.3) is 0 Å². The van der Waals surface area contributed by atoms with Crippen LogP contribution in [0.15, 0.2) is 59.0 Å². The standard InChI is InChI=1S/C20H20N2O3/c1-14-18(25-20(22-14)15-8-4-3-5-9-15)12-19(23)21-13-16-10-6-7-11-17(16)24-2/h3-11H,12-13H2,1-2H3,(H,21,23). The maximum atomic E-state index is 12.2. The van der Waals surface area contributed by atoms with Crippen molar-refractivity contribution in [3.8, 4) is 17.2 Å². The van der Waals surface area contributed by atoms with Crippen LogP contribution in [-0.4, -0.2) is 18.0 Å². The van der Waals surface area contributed by atoms with Crippen molar-refractivity contribution in [2.45, 2.75) is 19.9 Å². The first kappa shape index (κ1) is 16.8. The van der Waals surface area contributed by atoms with Gasteiger partial charge < -0.3 is 14.5 Å². The molecule has 3 aromatic rings. The van der Waals surface area contributed by atoms with Crippen LogP contribution in [0.1, 0.15) is 17.0 Å². The molecule has 1 aromatic heterocycles. The van der Waals surface area contributed by atoms with Gasteiger partial charge in [-0.2, -0.15) is 0 Å². The number of hydrogen-bond donors (Lipinski definition) is 1. The van der Waals surface area contributed by atoms with Gasteiger partial charge in [0.1, 0.15) is 11.5 Å². The van der Waals surface area contributed by atoms with Crippen LogP contribution in [0.4, 0.5) is 0 Å². The number of aromatic nitrogens is 1. The van der Waals surface area contributed by atoms with Crippen LogP contribution >= 0.6 is 0 Å². The lowest BCUT2D eigenvalue weighted by atomic mass is 10.2. The first-order valence-electron chi connectivity index (χ1n) is 8.07. The Morgan fingerprint density at radius 1 is 1.12 bits per heavy atom. The van der Waals surface area contributed by atoms with Crippen molar-refractivity contribution >= 4 is 5.91 Å². The van der Waals surface area contributed by atoms with E-state index in [4.69, 9.17) is 9.15 Å². The van der Waals surface area contributed by atoms with Crippen molar-refractivity contribution in [3.63, 3.8) is 0 Å². The number of carbonyl (C=O) groups excluding carboxylic acids is 1. The van der Waals surface area contributed by atoms with Gasteiger partial charge in [0, 0.05) is 17.7 Å². The van der Waals surface area contributed by atoms with Crippen molar-refractivity contribution in [2.24, 2.45) is 0 Å². The Kier molecular flexibility index (Phi) is 5.14. The predicted molar refractivity (Wildman–Crippen MR) is 95.2 cm³/mol. The molecule has 2 aromatic carbocycles. The number of oxazole rings is 1. The van der Waals surface area contributed by atoms with E-state index in [-0.39, 0.29) is 12.3 Å². The van der Waals surface area contributed by atoms with Crippen LogP contribution < -0.4 is 10.1 Å². The average Bonchev–Trinajstić information content (AvgIpc) is 3.01. The van der Waals surface area contributed by atoms with Crippen LogP contribution in [0.25, 0.3) is 11.5 Å². The minimum Gasteiger partial charge on any atom is -0.496 e. The Bertz CT molecular complexity index is 856. The summed E-state index contributed by atoms with van der Waals surface area (Å²) in [6, 6.07) is 17.2. The highest BCUT2D eigenvalue weighted by atomic mass is 16.5. The molecule has 0 radical (unpaired) electrons. The molecule has 5 nitrogen and oxygen atoms in total. The number of aryl methyl sites for hydroxylation is 1. The molecule has 5 heteroatoms. The number of ether oxygens (including phenoxy) is 1. The van der Waals surface area contributed by atoms with Gasteiger partial charge in [-0.3, -0.25) is 4.79 Å². The molecule has 1 heterocycles. The SMILES string of the molecule is COc1ccccc1CNC(=O)Cc1oc(-c2ccccc2)nc1C. The van der Waals surface area contributed by atoms with E-state index < -0.39 is 0 Å². The summed E-state index contributed by atoms with van der Waals surface area (Å²) >= 11 is 0. The summed E-state index contributed by atoms with van der Waals surface area (Å²) < 4.78 is 11.1. The molecule has 1 N–H and O–H groups in total. The van der Waals surface area contributed by atoms with Crippen LogP contribution in [0.3, 0.4) is 0 Å². The van der Waals surface area contributed by atoms with E-state index in [0.29, 0.717) is 18.2 Å². The summed E-state index contributed by atoms with van der Waals surface area (Å²) in [7, 11) is 1.61. The van der Waals surface area contributed by atoms with Gasteiger partial charge in [0.15, 0.2) is 0 Å². The molecule has 1 amide bonds. The number of rotatable bonds is 6. The smallest absolute Gasteiger partial charge is 0.227 e. The molecule has 3 rings (SSSR count). The summed E-state index contributed by atoms with van der Waals surface area (Å²) in [6.45, 7) is 2.25. The number of para-hydroxylation sites is 1. The zero-order valence-corrected chi connectivity index (χ0v) is 14.3. The molecule has 0 atom stereocenters. The largest absolute Gasteiger partial charge is 0.496 e. The zero-order chi connectivity index (χ0) is 17.6. The van der Waals surface area contributed by atoms with Gasteiger partial charge >= 0.3 is 0 Å². The van der Waals surface area contributed by atoms with E-state index >= 15 is 0 Å². The molecule has 0 saturated carbocycles. The van der Waals surface area contributed by atoms with E-state index in [0.717, 1.165) is 22.6 Å². The average molecular weight is 336 g/mol. The summed E-state index contributed by atoms with van der Waals surface area (Å²) in [6.07, 6.45) is 0.154. The minimum atomic E-state index is -0.121. The monoisotopic (exact) mass is 336 g/mol. The maximum Gasteiger partial charge on any atom is 0.227 e. The summed E-state index contributed by atoms with van der Waals surface area (Å²) in [4.78, 5) is 16.7. The third-order valence-corrected chi connectivity index (χ3v) is 3.90. The quantitative estimate of drug-likeness (QED) is 0.748. The number of methoxy groups -OCH3 is 1. The van der Waals surface area contributed by atoms with Crippen molar-refractivity contribution < 1.29 is 13.9 Å². The molecule has 0 bridgehead atoms. The second kappa shape index (κ2) is 7.66. The number of hydrogen-bond acceptors (Lipinski definition) is 4. The van der Waals surface area contributed by atoms with E-state index in [1.807, 2.05) is 61.5 Å². The van der Waals surface area contributed by atoms with Gasteiger partial charge in [0.05, 0.1) is 19.2 Å². The number of nitrogens with zero attached hydrogens (tertiary/aromatic N) is 1. The lowest BCUT2D eigenvalue weighted by molar-refractivity contribution is -0.120. The van der Waals surface area contributed by atoms with Gasteiger partial charge in [0.2, 0.25) is 11.8 Å². The fraction of sp³-hybridized carbons (Fsp3) is 0.200. The molecule has 0 aliphatic heterocycles. The van der Waals surface area contributed by atoms with Crippen molar-refractivity contribution in [1.82, 2.24) is 10.3 Å². The number of amides is 1. The molecule has 0 saturated heterocycles. The van der Waals surface area contributed by atoms with Crippen LogP contribution in [0.2, 0.25) is 0 Å². The van der Waals surface area contributed by atoms with Crippen LogP contribution in [-0.2, 0) is 17.8 Å². The lowest BCUT2D eigenvalue weighted by Crippen LogP contribution is -2.24. The highest BCUT2D eigenvalue weighted by Gasteiger charge is 2.15. The maximum absolute atomic E-state index is 12.2. The van der Waals surface area contributed by atoms with Gasteiger partial charge in [-0.05, 0) is 25.1 Å². The first-order chi connectivity index (χ1) is 12.2. The minimum absolute atomic E-state index is 0.121. The first-order valence-corrected chi connectivity index (χ1v) is 8.07. The highest BCUT2D eigenvalue weighted by molar-refractivity contribution is 5.78. The second-order valence-electron chi connectivity index (χ2n) is 5.66. The molecule has 0 aliphatic carbocycles. The summed E-state index contributed by atoms with van der Waals surface area (Å²) in [5, 5.41) is 2.89. The van der Waals surface area contributed by atoms with Gasteiger partial charge in [-0.25, -0.2) is 4.98 Å².